The van der Waals surface area contributed by atoms with E-state index in [1.807, 2.05) is 26.2 Å². The Morgan fingerprint density at radius 1 is 0.304 bits per heavy atom. The number of benzene rings is 6. The van der Waals surface area contributed by atoms with Gasteiger partial charge < -0.3 is 0 Å². The summed E-state index contributed by atoms with van der Waals surface area (Å²) in [5.41, 5.74) is 13.9. The number of fused-ring (bicyclic) bond motifs is 2. The minimum absolute atomic E-state index is 1.02. The predicted octanol–water partition coefficient (Wildman–Crippen LogP) is 11.7. The summed E-state index contributed by atoms with van der Waals surface area (Å²) < 4.78 is 0. The molecule has 0 radical (unpaired) electrons. The average Bonchev–Trinajstić information content (AvgIpc) is 3.12. The number of nitrogens with zero attached hydrogens (tertiary/aromatic N) is 2. The third-order valence-electron chi connectivity index (χ3n) is 8.97. The number of pyridine rings is 2. The Hall–Kier alpha value is -5.86. The Morgan fingerprint density at radius 3 is 1.20 bits per heavy atom. The monoisotopic (exact) mass is 588 g/mol. The summed E-state index contributed by atoms with van der Waals surface area (Å²) in [7, 11) is 0. The maximum atomic E-state index is 4.52. The third-order valence-corrected chi connectivity index (χ3v) is 8.97. The number of hydrogen-bond donors (Lipinski definition) is 0. The Bertz CT molecular complexity index is 2320. The minimum Gasteiger partial charge on any atom is -0.261 e. The highest BCUT2D eigenvalue weighted by molar-refractivity contribution is 6.22. The molecule has 0 aliphatic heterocycles. The van der Waals surface area contributed by atoms with E-state index in [0.29, 0.717) is 0 Å². The lowest BCUT2D eigenvalue weighted by molar-refractivity contribution is 1.20. The highest BCUT2D eigenvalue weighted by atomic mass is 14.7. The van der Waals surface area contributed by atoms with Crippen molar-refractivity contribution in [3.8, 4) is 55.6 Å². The van der Waals surface area contributed by atoms with Crippen LogP contribution in [0.4, 0.5) is 0 Å². The van der Waals surface area contributed by atoms with Gasteiger partial charge in [-0.1, -0.05) is 127 Å². The largest absolute Gasteiger partial charge is 0.261 e. The first kappa shape index (κ1) is 27.7. The molecule has 0 N–H and O–H groups in total. The molecule has 218 valence electrons. The van der Waals surface area contributed by atoms with Gasteiger partial charge in [-0.05, 0) is 98.1 Å². The lowest BCUT2D eigenvalue weighted by atomic mass is 9.84. The second-order valence-corrected chi connectivity index (χ2v) is 12.0. The van der Waals surface area contributed by atoms with Crippen molar-refractivity contribution >= 4 is 21.5 Å². The zero-order chi connectivity index (χ0) is 31.0. The Kier molecular flexibility index (Phi) is 6.96. The van der Waals surface area contributed by atoms with Crippen molar-refractivity contribution < 1.29 is 0 Å². The summed E-state index contributed by atoms with van der Waals surface area (Å²) in [5.74, 6) is 0. The molecule has 2 nitrogen and oxygen atoms in total. The van der Waals surface area contributed by atoms with Gasteiger partial charge >= 0.3 is 0 Å². The van der Waals surface area contributed by atoms with Gasteiger partial charge in [-0.15, -0.1) is 0 Å². The predicted molar refractivity (Wildman–Crippen MR) is 194 cm³/mol. The number of rotatable bonds is 5. The number of aromatic nitrogens is 2. The molecule has 0 bridgehead atoms. The van der Waals surface area contributed by atoms with E-state index < -0.39 is 0 Å². The van der Waals surface area contributed by atoms with E-state index in [1.54, 1.807) is 0 Å². The van der Waals surface area contributed by atoms with Crippen molar-refractivity contribution in [3.63, 3.8) is 0 Å². The van der Waals surface area contributed by atoms with Gasteiger partial charge in [0, 0.05) is 34.9 Å². The summed E-state index contributed by atoms with van der Waals surface area (Å²) in [6.45, 7) is 4.04. The van der Waals surface area contributed by atoms with Crippen LogP contribution in [0.15, 0.2) is 158 Å². The first-order valence-electron chi connectivity index (χ1n) is 15.7. The van der Waals surface area contributed by atoms with E-state index in [4.69, 9.17) is 0 Å². The highest BCUT2D eigenvalue weighted by Crippen LogP contribution is 2.45. The topological polar surface area (TPSA) is 25.8 Å². The van der Waals surface area contributed by atoms with Gasteiger partial charge in [0.2, 0.25) is 0 Å². The molecule has 0 atom stereocenters. The molecule has 2 heterocycles. The van der Waals surface area contributed by atoms with Crippen LogP contribution in [0.2, 0.25) is 0 Å². The summed E-state index contributed by atoms with van der Waals surface area (Å²) >= 11 is 0. The lowest BCUT2D eigenvalue weighted by Crippen LogP contribution is -1.92. The van der Waals surface area contributed by atoms with Gasteiger partial charge in [0.15, 0.2) is 0 Å². The molecule has 0 saturated heterocycles. The van der Waals surface area contributed by atoms with Crippen LogP contribution >= 0.6 is 0 Å². The third kappa shape index (κ3) is 5.04. The van der Waals surface area contributed by atoms with Crippen LogP contribution in [0, 0.1) is 13.8 Å². The Labute approximate surface area is 269 Å². The molecule has 0 amide bonds. The molecular formula is C44H32N2. The van der Waals surface area contributed by atoms with Crippen molar-refractivity contribution in [2.24, 2.45) is 0 Å². The molecular weight excluding hydrogens is 556 g/mol. The summed E-state index contributed by atoms with van der Waals surface area (Å²) in [6.07, 6.45) is 3.91. The summed E-state index contributed by atoms with van der Waals surface area (Å²) in [6, 6.07) is 52.8. The van der Waals surface area contributed by atoms with Crippen LogP contribution in [-0.4, -0.2) is 9.97 Å². The molecule has 46 heavy (non-hydrogen) atoms. The minimum atomic E-state index is 1.02. The Balaban J connectivity index is 1.35. The molecule has 2 aromatic heterocycles. The van der Waals surface area contributed by atoms with Crippen LogP contribution in [0.25, 0.3) is 77.2 Å². The quantitative estimate of drug-likeness (QED) is 0.187. The van der Waals surface area contributed by atoms with Crippen molar-refractivity contribution in [1.29, 1.82) is 0 Å². The van der Waals surface area contributed by atoms with Crippen LogP contribution in [-0.2, 0) is 0 Å². The molecule has 0 saturated carbocycles. The zero-order valence-electron chi connectivity index (χ0n) is 25.9. The standard InChI is InChI=1S/C44H32N2/c1-29-12-14-37(27-45-29)32-16-20-34(21-17-32)43-39-10-6-7-11-40(39)44(35-22-18-33(19-23-35)38-15-13-30(2)46-28-38)42-26-36(24-25-41(42)43)31-8-4-3-5-9-31/h3-28H,1-2H3. The van der Waals surface area contributed by atoms with E-state index in [-0.39, 0.29) is 0 Å². The second kappa shape index (κ2) is 11.6. The van der Waals surface area contributed by atoms with E-state index in [0.717, 1.165) is 33.6 Å². The molecule has 0 aliphatic rings. The zero-order valence-corrected chi connectivity index (χ0v) is 25.9. The van der Waals surface area contributed by atoms with Gasteiger partial charge in [0.05, 0.1) is 0 Å². The number of aryl methyl sites for hydroxylation is 2. The number of hydrogen-bond acceptors (Lipinski definition) is 2. The van der Waals surface area contributed by atoms with E-state index >= 15 is 0 Å². The first-order valence-corrected chi connectivity index (χ1v) is 15.7. The maximum Gasteiger partial charge on any atom is 0.0373 e. The molecule has 8 aromatic rings. The van der Waals surface area contributed by atoms with E-state index in [2.05, 4.69) is 156 Å². The normalized spacial score (nSPS) is 11.3. The van der Waals surface area contributed by atoms with Crippen LogP contribution < -0.4 is 0 Å². The van der Waals surface area contributed by atoms with Crippen LogP contribution in [0.1, 0.15) is 11.4 Å². The Morgan fingerprint density at radius 2 is 0.696 bits per heavy atom. The first-order chi connectivity index (χ1) is 22.6. The smallest absolute Gasteiger partial charge is 0.0373 e. The summed E-state index contributed by atoms with van der Waals surface area (Å²) in [4.78, 5) is 9.03. The van der Waals surface area contributed by atoms with Gasteiger partial charge in [0.1, 0.15) is 0 Å². The van der Waals surface area contributed by atoms with Gasteiger partial charge in [-0.25, -0.2) is 0 Å². The van der Waals surface area contributed by atoms with Crippen molar-refractivity contribution in [1.82, 2.24) is 9.97 Å². The molecule has 0 spiro atoms. The fraction of sp³-hybridized carbons (Fsp3) is 0.0455. The molecule has 0 fully saturated rings. The molecule has 0 unspecified atom stereocenters. The van der Waals surface area contributed by atoms with Gasteiger partial charge in [-0.3, -0.25) is 9.97 Å². The molecule has 8 rings (SSSR count). The van der Waals surface area contributed by atoms with Crippen molar-refractivity contribution in [3.05, 3.63) is 169 Å². The lowest BCUT2D eigenvalue weighted by Gasteiger charge is -2.19. The summed E-state index contributed by atoms with van der Waals surface area (Å²) in [5, 5.41) is 4.97. The maximum absolute atomic E-state index is 4.52. The average molecular weight is 589 g/mol. The van der Waals surface area contributed by atoms with Gasteiger partial charge in [-0.2, -0.15) is 0 Å². The van der Waals surface area contributed by atoms with E-state index in [9.17, 15) is 0 Å². The highest BCUT2D eigenvalue weighted by Gasteiger charge is 2.18. The fourth-order valence-electron chi connectivity index (χ4n) is 6.55. The van der Waals surface area contributed by atoms with Crippen molar-refractivity contribution in [2.75, 3.05) is 0 Å². The van der Waals surface area contributed by atoms with Crippen molar-refractivity contribution in [2.45, 2.75) is 13.8 Å². The molecule has 0 aliphatic carbocycles. The van der Waals surface area contributed by atoms with E-state index in [1.165, 1.54) is 54.9 Å². The second-order valence-electron chi connectivity index (χ2n) is 12.0. The van der Waals surface area contributed by atoms with Gasteiger partial charge in [0.25, 0.3) is 0 Å². The fourth-order valence-corrected chi connectivity index (χ4v) is 6.55. The van der Waals surface area contributed by atoms with Crippen LogP contribution in [0.5, 0.6) is 0 Å². The molecule has 2 heteroatoms. The SMILES string of the molecule is Cc1ccc(-c2ccc(-c3c4ccccc4c(-c4ccc(-c5ccc(C)nc5)cc4)c4cc(-c5ccccc5)ccc34)cc2)cn1. The molecule has 6 aromatic carbocycles. The van der Waals surface area contributed by atoms with Crippen LogP contribution in [0.3, 0.4) is 0 Å².